The van der Waals surface area contributed by atoms with E-state index in [2.05, 4.69) is 6.92 Å². The monoisotopic (exact) mass is 153 g/mol. The van der Waals surface area contributed by atoms with Gasteiger partial charge in [0.2, 0.25) is 0 Å². The average Bonchev–Trinajstić information content (AvgIpc) is 1.88. The molecular weight excluding hydrogens is 148 g/mol. The van der Waals surface area contributed by atoms with Gasteiger partial charge in [-0.1, -0.05) is 12.1 Å². The molecule has 0 heterocycles. The Hall–Kier alpha value is -0.820. The van der Waals surface area contributed by atoms with E-state index >= 15 is 0 Å². The highest BCUT2D eigenvalue weighted by molar-refractivity contribution is 6.67. The first kappa shape index (κ1) is 7.29. The van der Waals surface area contributed by atoms with E-state index < -0.39 is 5.24 Å². The Morgan fingerprint density at radius 3 is 2.20 bits per heavy atom. The number of rotatable bonds is 1. The molecule has 0 unspecified atom stereocenters. The maximum atomic E-state index is 10.5. The van der Waals surface area contributed by atoms with Gasteiger partial charge in [-0.2, -0.15) is 0 Å². The third-order valence-electron chi connectivity index (χ3n) is 1.18. The van der Waals surface area contributed by atoms with E-state index in [1.54, 1.807) is 24.3 Å². The topological polar surface area (TPSA) is 17.1 Å². The highest BCUT2D eigenvalue weighted by Crippen LogP contribution is 2.05. The summed E-state index contributed by atoms with van der Waals surface area (Å²) in [6.07, 6.45) is 0. The number of carbonyl (C=O) groups is 1. The van der Waals surface area contributed by atoms with Crippen molar-refractivity contribution in [1.82, 2.24) is 0 Å². The summed E-state index contributed by atoms with van der Waals surface area (Å²) in [5, 5.41) is -0.431. The summed E-state index contributed by atoms with van der Waals surface area (Å²) >= 11 is 5.20. The third kappa shape index (κ3) is 1.58. The number of carbonyl (C=O) groups excluding carboxylic acids is 1. The van der Waals surface area contributed by atoms with Gasteiger partial charge in [-0.05, 0) is 36.2 Å². The molecule has 1 nitrogen and oxygen atoms in total. The summed E-state index contributed by atoms with van der Waals surface area (Å²) in [7, 11) is 0. The standard InChI is InChI=1S/C8H6ClO/c1-6-2-4-7(5-3-6)8(9)10/h2-5H,1H2. The molecule has 1 aromatic carbocycles. The van der Waals surface area contributed by atoms with Crippen molar-refractivity contribution in [2.24, 2.45) is 0 Å². The van der Waals surface area contributed by atoms with Crippen molar-refractivity contribution in [2.45, 2.75) is 0 Å². The van der Waals surface area contributed by atoms with Gasteiger partial charge in [0.05, 0.1) is 0 Å². The predicted octanol–water partition coefficient (Wildman–Crippen LogP) is 2.25. The molecule has 0 bridgehead atoms. The fourth-order valence-corrected chi connectivity index (χ4v) is 0.762. The molecule has 0 spiro atoms. The van der Waals surface area contributed by atoms with Crippen LogP contribution in [0.25, 0.3) is 0 Å². The summed E-state index contributed by atoms with van der Waals surface area (Å²) < 4.78 is 0. The van der Waals surface area contributed by atoms with Crippen LogP contribution in [0.3, 0.4) is 0 Å². The molecule has 1 aromatic rings. The number of halogens is 1. The van der Waals surface area contributed by atoms with Crippen molar-refractivity contribution in [3.05, 3.63) is 42.3 Å². The molecule has 1 radical (unpaired) electrons. The summed E-state index contributed by atoms with van der Waals surface area (Å²) in [6.45, 7) is 3.67. The van der Waals surface area contributed by atoms with Crippen LogP contribution in [0.15, 0.2) is 24.3 Å². The lowest BCUT2D eigenvalue weighted by Crippen LogP contribution is -1.86. The van der Waals surface area contributed by atoms with Crippen LogP contribution in [0.4, 0.5) is 0 Å². The maximum Gasteiger partial charge on any atom is 0.252 e. The van der Waals surface area contributed by atoms with Gasteiger partial charge in [0.25, 0.3) is 5.24 Å². The molecule has 2 heteroatoms. The minimum absolute atomic E-state index is 0.431. The van der Waals surface area contributed by atoms with Gasteiger partial charge in [0, 0.05) is 5.56 Å². The molecule has 51 valence electrons. The Bertz CT molecular complexity index is 238. The van der Waals surface area contributed by atoms with Crippen LogP contribution in [0.1, 0.15) is 15.9 Å². The zero-order valence-electron chi connectivity index (χ0n) is 5.30. The molecule has 0 fully saturated rings. The molecule has 0 aliphatic heterocycles. The van der Waals surface area contributed by atoms with Gasteiger partial charge in [0.15, 0.2) is 0 Å². The first-order chi connectivity index (χ1) is 4.70. The second kappa shape index (κ2) is 2.84. The molecule has 0 saturated carbocycles. The zero-order valence-corrected chi connectivity index (χ0v) is 6.06. The van der Waals surface area contributed by atoms with Gasteiger partial charge in [0.1, 0.15) is 0 Å². The molecule has 0 amide bonds. The van der Waals surface area contributed by atoms with Crippen LogP contribution in [0.5, 0.6) is 0 Å². The zero-order chi connectivity index (χ0) is 7.56. The summed E-state index contributed by atoms with van der Waals surface area (Å²) in [4.78, 5) is 10.5. The molecule has 0 aliphatic carbocycles. The highest BCUT2D eigenvalue weighted by Gasteiger charge is 1.97. The van der Waals surface area contributed by atoms with Crippen LogP contribution < -0.4 is 0 Å². The lowest BCUT2D eigenvalue weighted by molar-refractivity contribution is 0.108. The highest BCUT2D eigenvalue weighted by atomic mass is 35.5. The largest absolute Gasteiger partial charge is 0.276 e. The molecule has 0 N–H and O–H groups in total. The molecule has 0 aromatic heterocycles. The molecule has 0 aliphatic rings. The van der Waals surface area contributed by atoms with Gasteiger partial charge in [-0.25, -0.2) is 0 Å². The van der Waals surface area contributed by atoms with E-state index in [9.17, 15) is 4.79 Å². The SMILES string of the molecule is [CH2]c1ccc(C(=O)Cl)cc1. The van der Waals surface area contributed by atoms with Crippen molar-refractivity contribution < 1.29 is 4.79 Å². The molecule has 10 heavy (non-hydrogen) atoms. The molecule has 0 saturated heterocycles. The first-order valence-electron chi connectivity index (χ1n) is 2.82. The fraction of sp³-hybridized carbons (Fsp3) is 0. The molecular formula is C8H6ClO. The minimum Gasteiger partial charge on any atom is -0.276 e. The fourth-order valence-electron chi connectivity index (χ4n) is 0.636. The van der Waals surface area contributed by atoms with E-state index in [0.717, 1.165) is 5.56 Å². The van der Waals surface area contributed by atoms with E-state index in [1.807, 2.05) is 0 Å². The van der Waals surface area contributed by atoms with E-state index in [0.29, 0.717) is 5.56 Å². The Labute approximate surface area is 64.6 Å². The van der Waals surface area contributed by atoms with Crippen LogP contribution in [0, 0.1) is 6.92 Å². The smallest absolute Gasteiger partial charge is 0.252 e. The van der Waals surface area contributed by atoms with Gasteiger partial charge in [-0.15, -0.1) is 0 Å². The van der Waals surface area contributed by atoms with Crippen molar-refractivity contribution >= 4 is 16.8 Å². The van der Waals surface area contributed by atoms with Gasteiger partial charge >= 0.3 is 0 Å². The number of hydrogen-bond acceptors (Lipinski definition) is 1. The maximum absolute atomic E-state index is 10.5. The minimum atomic E-state index is -0.431. The second-order valence-corrected chi connectivity index (χ2v) is 2.31. The predicted molar refractivity (Wildman–Crippen MR) is 41.1 cm³/mol. The van der Waals surface area contributed by atoms with Crippen LogP contribution in [0.2, 0.25) is 0 Å². The summed E-state index contributed by atoms with van der Waals surface area (Å²) in [6, 6.07) is 6.79. The van der Waals surface area contributed by atoms with E-state index in [4.69, 9.17) is 11.6 Å². The average molecular weight is 154 g/mol. The third-order valence-corrected chi connectivity index (χ3v) is 1.40. The lowest BCUT2D eigenvalue weighted by Gasteiger charge is -1.92. The van der Waals surface area contributed by atoms with Gasteiger partial charge in [-0.3, -0.25) is 4.79 Å². The molecule has 0 atom stereocenters. The van der Waals surface area contributed by atoms with E-state index in [-0.39, 0.29) is 0 Å². The second-order valence-electron chi connectivity index (χ2n) is 1.97. The summed E-state index contributed by atoms with van der Waals surface area (Å²) in [5.41, 5.74) is 1.38. The Morgan fingerprint density at radius 2 is 1.80 bits per heavy atom. The van der Waals surface area contributed by atoms with Gasteiger partial charge < -0.3 is 0 Å². The Balaban J connectivity index is 3.00. The van der Waals surface area contributed by atoms with Crippen LogP contribution in [-0.4, -0.2) is 5.24 Å². The summed E-state index contributed by atoms with van der Waals surface area (Å²) in [5.74, 6) is 0. The Kier molecular flexibility index (Phi) is 2.07. The molecule has 1 rings (SSSR count). The number of benzene rings is 1. The van der Waals surface area contributed by atoms with Crippen molar-refractivity contribution in [2.75, 3.05) is 0 Å². The normalized spacial score (nSPS) is 9.40. The van der Waals surface area contributed by atoms with Crippen LogP contribution in [-0.2, 0) is 0 Å². The van der Waals surface area contributed by atoms with Crippen molar-refractivity contribution in [3.8, 4) is 0 Å². The first-order valence-corrected chi connectivity index (χ1v) is 3.20. The van der Waals surface area contributed by atoms with E-state index in [1.165, 1.54) is 0 Å². The van der Waals surface area contributed by atoms with Crippen molar-refractivity contribution in [1.29, 1.82) is 0 Å². The quantitative estimate of drug-likeness (QED) is 0.566. The van der Waals surface area contributed by atoms with Crippen LogP contribution >= 0.6 is 11.6 Å². The van der Waals surface area contributed by atoms with Crippen molar-refractivity contribution in [3.63, 3.8) is 0 Å². The lowest BCUT2D eigenvalue weighted by atomic mass is 10.2. The number of hydrogen-bond donors (Lipinski definition) is 0. The Morgan fingerprint density at radius 1 is 1.30 bits per heavy atom.